The molecule has 0 saturated carbocycles. The van der Waals surface area contributed by atoms with Gasteiger partial charge in [0.25, 0.3) is 0 Å². The Morgan fingerprint density at radius 3 is 2.59 bits per heavy atom. The number of amides is 1. The molecule has 1 aliphatic rings. The lowest BCUT2D eigenvalue weighted by molar-refractivity contribution is -0.113. The Balaban J connectivity index is 1.45. The van der Waals surface area contributed by atoms with Gasteiger partial charge in [0.2, 0.25) is 11.9 Å². The molecule has 188 valence electrons. The van der Waals surface area contributed by atoms with Gasteiger partial charge in [-0.2, -0.15) is 0 Å². The van der Waals surface area contributed by atoms with Crippen molar-refractivity contribution in [2.24, 2.45) is 5.73 Å². The van der Waals surface area contributed by atoms with Gasteiger partial charge in [0.15, 0.2) is 0 Å². The second-order valence-corrected chi connectivity index (χ2v) is 9.00. The zero-order valence-electron chi connectivity index (χ0n) is 20.3. The van der Waals surface area contributed by atoms with Gasteiger partial charge in [-0.05, 0) is 30.3 Å². The molecule has 9 heteroatoms. The zero-order valence-corrected chi connectivity index (χ0v) is 20.3. The fourth-order valence-corrected chi connectivity index (χ4v) is 4.38. The number of primary amides is 1. The predicted octanol–water partition coefficient (Wildman–Crippen LogP) is 4.57. The number of nitrogens with zero attached hydrogens (tertiary/aromatic N) is 4. The first-order chi connectivity index (χ1) is 17.9. The summed E-state index contributed by atoms with van der Waals surface area (Å²) < 4.78 is 30.0. The number of likely N-dealkylation sites (N-methyl/N-ethyl adjacent to an activating group) is 1. The van der Waals surface area contributed by atoms with Crippen LogP contribution in [0.2, 0.25) is 0 Å². The van der Waals surface area contributed by atoms with Crippen molar-refractivity contribution in [2.75, 3.05) is 43.4 Å². The van der Waals surface area contributed by atoms with E-state index in [0.717, 1.165) is 41.2 Å². The second-order valence-electron chi connectivity index (χ2n) is 9.00. The lowest BCUT2D eigenvalue weighted by atomic mass is 10.0. The minimum absolute atomic E-state index is 0.0363. The number of anilines is 3. The molecule has 1 fully saturated rings. The van der Waals surface area contributed by atoms with Gasteiger partial charge < -0.3 is 20.9 Å². The number of nitrogens with two attached hydrogens (primary N) is 1. The molecule has 3 aromatic carbocycles. The maximum Gasteiger partial charge on any atom is 0.241 e. The highest BCUT2D eigenvalue weighted by atomic mass is 19.1. The maximum atomic E-state index is 15.0. The van der Waals surface area contributed by atoms with Crippen molar-refractivity contribution in [3.63, 3.8) is 0 Å². The molecule has 2 heterocycles. The Kier molecular flexibility index (Phi) is 6.78. The molecular weight excluding hydrogens is 474 g/mol. The molecule has 0 bridgehead atoms. The number of fused-ring (bicyclic) bond motifs is 1. The molecule has 0 unspecified atom stereocenters. The average Bonchev–Trinajstić information content (AvgIpc) is 2.90. The number of halogens is 2. The van der Waals surface area contributed by atoms with Crippen molar-refractivity contribution < 1.29 is 13.6 Å². The number of carbonyl (C=O) groups is 1. The van der Waals surface area contributed by atoms with Crippen molar-refractivity contribution >= 4 is 40.2 Å². The summed E-state index contributed by atoms with van der Waals surface area (Å²) >= 11 is 0. The number of hydrogen-bond donors (Lipinski definition) is 2. The molecule has 7 nitrogen and oxygen atoms in total. The summed E-state index contributed by atoms with van der Waals surface area (Å²) in [5.41, 5.74) is 8.58. The van der Waals surface area contributed by atoms with Crippen molar-refractivity contribution in [3.8, 4) is 11.1 Å². The quantitative estimate of drug-likeness (QED) is 0.377. The summed E-state index contributed by atoms with van der Waals surface area (Å²) in [5.74, 6) is -1.47. The van der Waals surface area contributed by atoms with E-state index in [4.69, 9.17) is 5.73 Å². The van der Waals surface area contributed by atoms with Crippen LogP contribution in [-0.2, 0) is 4.79 Å². The van der Waals surface area contributed by atoms with E-state index in [1.165, 1.54) is 12.1 Å². The summed E-state index contributed by atoms with van der Waals surface area (Å²) in [6.07, 6.45) is 4.58. The predicted molar refractivity (Wildman–Crippen MR) is 143 cm³/mol. The molecular formula is C28H26F2N6O. The van der Waals surface area contributed by atoms with Gasteiger partial charge >= 0.3 is 0 Å². The lowest BCUT2D eigenvalue weighted by Crippen LogP contribution is -2.44. The third kappa shape index (κ3) is 5.41. The molecule has 1 aliphatic heterocycles. The van der Waals surface area contributed by atoms with Gasteiger partial charge in [-0.25, -0.2) is 18.7 Å². The first kappa shape index (κ1) is 24.3. The Hall–Kier alpha value is -4.37. The number of piperazine rings is 1. The van der Waals surface area contributed by atoms with E-state index in [1.807, 2.05) is 54.4 Å². The summed E-state index contributed by atoms with van der Waals surface area (Å²) in [6.45, 7) is 2.85. The number of rotatable bonds is 6. The number of carbonyl (C=O) groups excluding carboxylic acids is 1. The number of benzene rings is 3. The maximum absolute atomic E-state index is 15.0. The van der Waals surface area contributed by atoms with Gasteiger partial charge in [0, 0.05) is 61.5 Å². The van der Waals surface area contributed by atoms with Gasteiger partial charge in [0.05, 0.1) is 16.9 Å². The normalized spacial score (nSPS) is 14.4. The van der Waals surface area contributed by atoms with Crippen LogP contribution in [0.25, 0.3) is 28.1 Å². The van der Waals surface area contributed by atoms with Crippen LogP contribution >= 0.6 is 0 Å². The molecule has 3 N–H and O–H groups in total. The molecule has 1 aromatic heterocycles. The molecule has 5 rings (SSSR count). The van der Waals surface area contributed by atoms with Gasteiger partial charge in [0.1, 0.15) is 11.6 Å². The Labute approximate surface area is 213 Å². The first-order valence-corrected chi connectivity index (χ1v) is 11.9. The summed E-state index contributed by atoms with van der Waals surface area (Å²) in [7, 11) is 2.01. The second kappa shape index (κ2) is 10.3. The van der Waals surface area contributed by atoms with Crippen LogP contribution in [0.1, 0.15) is 5.56 Å². The van der Waals surface area contributed by atoms with E-state index in [0.29, 0.717) is 18.6 Å². The molecule has 37 heavy (non-hydrogen) atoms. The monoisotopic (exact) mass is 500 g/mol. The van der Waals surface area contributed by atoms with Crippen LogP contribution in [0.4, 0.5) is 26.1 Å². The number of nitrogens with one attached hydrogen (secondary N) is 1. The van der Waals surface area contributed by atoms with E-state index < -0.39 is 17.5 Å². The largest absolute Gasteiger partial charge is 0.367 e. The fourth-order valence-electron chi connectivity index (χ4n) is 4.38. The van der Waals surface area contributed by atoms with Gasteiger partial charge in [-0.3, -0.25) is 4.79 Å². The average molecular weight is 501 g/mol. The molecule has 0 aliphatic carbocycles. The van der Waals surface area contributed by atoms with E-state index in [9.17, 15) is 9.18 Å². The van der Waals surface area contributed by atoms with E-state index in [1.54, 1.807) is 12.3 Å². The lowest BCUT2D eigenvalue weighted by Gasteiger charge is -2.34. The Morgan fingerprint density at radius 2 is 1.81 bits per heavy atom. The van der Waals surface area contributed by atoms with Gasteiger partial charge in [-0.1, -0.05) is 36.4 Å². The van der Waals surface area contributed by atoms with Crippen molar-refractivity contribution in [1.82, 2.24) is 14.9 Å². The van der Waals surface area contributed by atoms with Crippen molar-refractivity contribution in [1.29, 1.82) is 0 Å². The number of para-hydroxylation sites is 1. The summed E-state index contributed by atoms with van der Waals surface area (Å²) in [6, 6.07) is 15.6. The highest BCUT2D eigenvalue weighted by molar-refractivity contribution is 5.95. The van der Waals surface area contributed by atoms with Crippen LogP contribution in [0.5, 0.6) is 0 Å². The van der Waals surface area contributed by atoms with Crippen LogP contribution in [0.15, 0.2) is 66.9 Å². The van der Waals surface area contributed by atoms with E-state index in [-0.39, 0.29) is 17.3 Å². The van der Waals surface area contributed by atoms with E-state index in [2.05, 4.69) is 20.2 Å². The molecule has 1 saturated heterocycles. The topological polar surface area (TPSA) is 87.4 Å². The molecule has 4 aromatic rings. The standard InChI is InChI=1S/C28H26F2N6O/c1-35-10-12-36(13-11-35)25-16-22(29)24(15-23(25)30)33-28-32-17-20-6-3-7-21(27(20)34-28)19-5-2-4-18(14-19)8-9-26(31)37/h2-9,14-17H,10-13H2,1H3,(H2,31,37)(H,32,33,34). The Morgan fingerprint density at radius 1 is 1.03 bits per heavy atom. The third-order valence-corrected chi connectivity index (χ3v) is 6.38. The minimum atomic E-state index is -0.582. The van der Waals surface area contributed by atoms with Crippen molar-refractivity contribution in [2.45, 2.75) is 0 Å². The first-order valence-electron chi connectivity index (χ1n) is 11.9. The number of hydrogen-bond acceptors (Lipinski definition) is 6. The summed E-state index contributed by atoms with van der Waals surface area (Å²) in [5, 5.41) is 3.63. The molecule has 0 atom stereocenters. The SMILES string of the molecule is CN1CCN(c2cc(F)c(Nc3ncc4cccc(-c5cccc(C=CC(N)=O)c5)c4n3)cc2F)CC1. The summed E-state index contributed by atoms with van der Waals surface area (Å²) in [4.78, 5) is 24.0. The van der Waals surface area contributed by atoms with E-state index >= 15 is 4.39 Å². The third-order valence-electron chi connectivity index (χ3n) is 6.38. The van der Waals surface area contributed by atoms with Crippen LogP contribution < -0.4 is 16.0 Å². The number of aromatic nitrogens is 2. The molecule has 0 radical (unpaired) electrons. The van der Waals surface area contributed by atoms with Crippen LogP contribution in [0, 0.1) is 11.6 Å². The van der Waals surface area contributed by atoms with Gasteiger partial charge in [-0.15, -0.1) is 0 Å². The fraction of sp³-hybridized carbons (Fsp3) is 0.179. The molecule has 1 amide bonds. The smallest absolute Gasteiger partial charge is 0.241 e. The minimum Gasteiger partial charge on any atom is -0.367 e. The highest BCUT2D eigenvalue weighted by Gasteiger charge is 2.20. The highest BCUT2D eigenvalue weighted by Crippen LogP contribution is 2.31. The zero-order chi connectivity index (χ0) is 25.9. The van der Waals surface area contributed by atoms with Crippen LogP contribution in [0.3, 0.4) is 0 Å². The molecule has 0 spiro atoms. The van der Waals surface area contributed by atoms with Crippen LogP contribution in [-0.4, -0.2) is 54.0 Å². The Bertz CT molecular complexity index is 1500. The van der Waals surface area contributed by atoms with Crippen molar-refractivity contribution in [3.05, 3.63) is 84.1 Å².